The third kappa shape index (κ3) is 2.43. The van der Waals surface area contributed by atoms with Crippen molar-refractivity contribution in [3.8, 4) is 11.4 Å². The smallest absolute Gasteiger partial charge is 0.165 e. The fourth-order valence-corrected chi connectivity index (χ4v) is 2.16. The van der Waals surface area contributed by atoms with Gasteiger partial charge in [0.25, 0.3) is 0 Å². The maximum absolute atomic E-state index is 5.92. The minimum absolute atomic E-state index is 0.541. The molecule has 0 saturated heterocycles. The summed E-state index contributed by atoms with van der Waals surface area (Å²) in [5, 5.41) is 0. The number of aryl methyl sites for hydroxylation is 2. The number of hydrogen-bond donors (Lipinski definition) is 1. The highest BCUT2D eigenvalue weighted by molar-refractivity contribution is 14.1. The number of furan rings is 1. The Hall–Kier alpha value is -1.11. The van der Waals surface area contributed by atoms with Gasteiger partial charge in [-0.25, -0.2) is 9.97 Å². The predicted molar refractivity (Wildman–Crippen MR) is 75.6 cm³/mol. The minimum Gasteiger partial charge on any atom is -0.469 e. The quantitative estimate of drug-likeness (QED) is 0.870. The van der Waals surface area contributed by atoms with Crippen molar-refractivity contribution in [1.82, 2.24) is 9.97 Å². The van der Waals surface area contributed by atoms with E-state index in [1.165, 1.54) is 0 Å². The molecule has 0 aliphatic rings. The van der Waals surface area contributed by atoms with Crippen LogP contribution in [-0.4, -0.2) is 9.97 Å². The second-order valence-electron chi connectivity index (χ2n) is 3.83. The van der Waals surface area contributed by atoms with Crippen molar-refractivity contribution in [2.24, 2.45) is 0 Å². The highest BCUT2D eigenvalue weighted by Crippen LogP contribution is 2.25. The molecule has 2 aromatic heterocycles. The first-order valence-electron chi connectivity index (χ1n) is 5.49. The molecule has 0 spiro atoms. The molecule has 0 atom stereocenters. The highest BCUT2D eigenvalue weighted by Gasteiger charge is 2.13. The molecule has 4 nitrogen and oxygen atoms in total. The molecule has 2 rings (SSSR count). The zero-order valence-electron chi connectivity index (χ0n) is 9.83. The van der Waals surface area contributed by atoms with E-state index in [4.69, 9.17) is 10.2 Å². The van der Waals surface area contributed by atoms with Crippen molar-refractivity contribution in [3.63, 3.8) is 0 Å². The van der Waals surface area contributed by atoms with Gasteiger partial charge in [-0.3, -0.25) is 0 Å². The van der Waals surface area contributed by atoms with Crippen LogP contribution in [0.5, 0.6) is 0 Å². The third-order valence-electron chi connectivity index (χ3n) is 2.53. The van der Waals surface area contributed by atoms with E-state index >= 15 is 0 Å². The van der Waals surface area contributed by atoms with Crippen molar-refractivity contribution in [2.75, 3.05) is 5.73 Å². The van der Waals surface area contributed by atoms with Gasteiger partial charge in [0, 0.05) is 0 Å². The number of hydrogen-bond acceptors (Lipinski definition) is 4. The van der Waals surface area contributed by atoms with E-state index in [2.05, 4.69) is 39.5 Å². The summed E-state index contributed by atoms with van der Waals surface area (Å²) in [4.78, 5) is 8.89. The molecule has 90 valence electrons. The zero-order valence-corrected chi connectivity index (χ0v) is 12.0. The normalized spacial score (nSPS) is 10.8. The molecule has 2 aromatic rings. The van der Waals surface area contributed by atoms with Crippen LogP contribution < -0.4 is 5.73 Å². The van der Waals surface area contributed by atoms with Crippen LogP contribution in [0.25, 0.3) is 11.4 Å². The van der Waals surface area contributed by atoms with Gasteiger partial charge in [0.1, 0.15) is 11.6 Å². The molecule has 5 heteroatoms. The lowest BCUT2D eigenvalue weighted by Crippen LogP contribution is -2.05. The molecule has 17 heavy (non-hydrogen) atoms. The first-order chi connectivity index (χ1) is 8.13. The van der Waals surface area contributed by atoms with Crippen LogP contribution in [0.3, 0.4) is 0 Å². The first-order valence-corrected chi connectivity index (χ1v) is 6.57. The maximum Gasteiger partial charge on any atom is 0.165 e. The monoisotopic (exact) mass is 343 g/mol. The molecule has 0 fully saturated rings. The van der Waals surface area contributed by atoms with E-state index < -0.39 is 0 Å². The van der Waals surface area contributed by atoms with E-state index in [1.54, 1.807) is 6.26 Å². The van der Waals surface area contributed by atoms with Gasteiger partial charge in [-0.2, -0.15) is 0 Å². The van der Waals surface area contributed by atoms with Gasteiger partial charge in [-0.1, -0.05) is 13.3 Å². The molecule has 0 saturated carbocycles. The fourth-order valence-electron chi connectivity index (χ4n) is 1.65. The first kappa shape index (κ1) is 12.3. The fraction of sp³-hybridized carbons (Fsp3) is 0.333. The molecular weight excluding hydrogens is 329 g/mol. The Morgan fingerprint density at radius 1 is 1.41 bits per heavy atom. The lowest BCUT2D eigenvalue weighted by Gasteiger charge is -2.07. The van der Waals surface area contributed by atoms with Crippen LogP contribution in [0.1, 0.15) is 24.8 Å². The molecule has 0 radical (unpaired) electrons. The molecule has 2 N–H and O–H groups in total. The van der Waals surface area contributed by atoms with Gasteiger partial charge in [0.2, 0.25) is 0 Å². The van der Waals surface area contributed by atoms with Crippen LogP contribution in [-0.2, 0) is 6.42 Å². The number of nitrogen functional groups attached to an aromatic ring is 1. The average molecular weight is 343 g/mol. The van der Waals surface area contributed by atoms with Crippen LogP contribution in [0.2, 0.25) is 0 Å². The predicted octanol–water partition coefficient (Wildman–Crippen LogP) is 3.18. The van der Waals surface area contributed by atoms with Gasteiger partial charge >= 0.3 is 0 Å². The summed E-state index contributed by atoms with van der Waals surface area (Å²) >= 11 is 2.20. The molecule has 0 aromatic carbocycles. The van der Waals surface area contributed by atoms with Crippen molar-refractivity contribution in [3.05, 3.63) is 27.4 Å². The van der Waals surface area contributed by atoms with Gasteiger partial charge in [-0.05, 0) is 42.0 Å². The topological polar surface area (TPSA) is 64.9 Å². The Balaban J connectivity index is 2.53. The summed E-state index contributed by atoms with van der Waals surface area (Å²) in [6, 6.07) is 1.87. The number of rotatable bonds is 3. The van der Waals surface area contributed by atoms with Crippen LogP contribution in [0.15, 0.2) is 16.7 Å². The minimum atomic E-state index is 0.541. The van der Waals surface area contributed by atoms with E-state index in [0.29, 0.717) is 11.6 Å². The van der Waals surface area contributed by atoms with Gasteiger partial charge in [0.15, 0.2) is 5.82 Å². The van der Waals surface area contributed by atoms with E-state index in [1.807, 2.05) is 13.0 Å². The number of halogens is 1. The second-order valence-corrected chi connectivity index (χ2v) is 4.91. The third-order valence-corrected chi connectivity index (χ3v) is 3.71. The Labute approximate surface area is 114 Å². The molecular formula is C12H14IN3O. The van der Waals surface area contributed by atoms with Crippen LogP contribution >= 0.6 is 22.6 Å². The van der Waals surface area contributed by atoms with Gasteiger partial charge in [0.05, 0.1) is 21.1 Å². The van der Waals surface area contributed by atoms with Crippen molar-refractivity contribution >= 4 is 28.4 Å². The average Bonchev–Trinajstić information content (AvgIpc) is 2.71. The lowest BCUT2D eigenvalue weighted by molar-refractivity contribution is 0.535. The van der Waals surface area contributed by atoms with E-state index in [-0.39, 0.29) is 0 Å². The summed E-state index contributed by atoms with van der Waals surface area (Å²) in [6.45, 7) is 4.02. The van der Waals surface area contributed by atoms with Crippen molar-refractivity contribution in [2.45, 2.75) is 26.7 Å². The number of aromatic nitrogens is 2. The SMILES string of the molecule is CCCc1nc(-c2ccoc2C)nc(N)c1I. The molecule has 2 heterocycles. The van der Waals surface area contributed by atoms with Gasteiger partial charge < -0.3 is 10.2 Å². The molecule has 0 unspecified atom stereocenters. The Kier molecular flexibility index (Phi) is 3.66. The number of nitrogens with zero attached hydrogens (tertiary/aromatic N) is 2. The van der Waals surface area contributed by atoms with Crippen molar-refractivity contribution in [1.29, 1.82) is 0 Å². The van der Waals surface area contributed by atoms with Gasteiger partial charge in [-0.15, -0.1) is 0 Å². The largest absolute Gasteiger partial charge is 0.469 e. The summed E-state index contributed by atoms with van der Waals surface area (Å²) in [7, 11) is 0. The Morgan fingerprint density at radius 2 is 2.18 bits per heavy atom. The summed E-state index contributed by atoms with van der Waals surface area (Å²) in [5.74, 6) is 2.00. The van der Waals surface area contributed by atoms with E-state index in [9.17, 15) is 0 Å². The molecule has 0 amide bonds. The summed E-state index contributed by atoms with van der Waals surface area (Å²) < 4.78 is 6.22. The Bertz CT molecular complexity index is 537. The highest BCUT2D eigenvalue weighted by atomic mass is 127. The Morgan fingerprint density at radius 3 is 2.76 bits per heavy atom. The summed E-state index contributed by atoms with van der Waals surface area (Å²) in [6.07, 6.45) is 3.59. The van der Waals surface area contributed by atoms with Crippen molar-refractivity contribution < 1.29 is 4.42 Å². The van der Waals surface area contributed by atoms with E-state index in [0.717, 1.165) is 33.4 Å². The standard InChI is InChI=1S/C12H14IN3O/c1-3-4-9-10(13)11(14)16-12(15-9)8-5-6-17-7(8)2/h5-6H,3-4H2,1-2H3,(H2,14,15,16). The number of anilines is 1. The molecule has 0 aliphatic heterocycles. The van der Waals surface area contributed by atoms with Crippen LogP contribution in [0, 0.1) is 10.5 Å². The number of nitrogens with two attached hydrogens (primary N) is 1. The second kappa shape index (κ2) is 5.03. The molecule has 0 bridgehead atoms. The van der Waals surface area contributed by atoms with Crippen LogP contribution in [0.4, 0.5) is 5.82 Å². The maximum atomic E-state index is 5.92. The summed E-state index contributed by atoms with van der Waals surface area (Å²) in [5.41, 5.74) is 7.84. The molecule has 0 aliphatic carbocycles. The zero-order chi connectivity index (χ0) is 12.4. The lowest BCUT2D eigenvalue weighted by atomic mass is 10.2.